The third-order valence-electron chi connectivity index (χ3n) is 7.08. The zero-order valence-corrected chi connectivity index (χ0v) is 23.7. The van der Waals surface area contributed by atoms with Gasteiger partial charge >= 0.3 is 0 Å². The number of nitriles is 1. The predicted molar refractivity (Wildman–Crippen MR) is 159 cm³/mol. The monoisotopic (exact) mass is 528 g/mol. The minimum Gasteiger partial charge on any atom is -0.363 e. The Labute approximate surface area is 227 Å². The van der Waals surface area contributed by atoms with Crippen molar-refractivity contribution in [3.05, 3.63) is 70.7 Å². The topological polar surface area (TPSA) is 49.6 Å². The number of anilines is 7. The lowest BCUT2D eigenvalue weighted by atomic mass is 10.1. The summed E-state index contributed by atoms with van der Waals surface area (Å²) < 4.78 is 0. The van der Waals surface area contributed by atoms with E-state index in [1.807, 2.05) is 23.3 Å². The highest BCUT2D eigenvalue weighted by Gasteiger charge is 2.17. The molecule has 0 aliphatic carbocycles. The highest BCUT2D eigenvalue weighted by atomic mass is 32.1. The van der Waals surface area contributed by atoms with Crippen LogP contribution in [0.15, 0.2) is 53.9 Å². The summed E-state index contributed by atoms with van der Waals surface area (Å²) >= 11 is 3.35. The molecule has 1 aliphatic heterocycles. The third-order valence-corrected chi connectivity index (χ3v) is 9.22. The van der Waals surface area contributed by atoms with Crippen LogP contribution >= 0.6 is 22.7 Å². The molecule has 0 saturated carbocycles. The average molecular weight is 529 g/mol. The standard InChI is InChI=1S/C29H32N6S2/c1-20-17-24(33(4)27-12-13-28(37-27)35-14-6-7-15-35)9-10-25(20)32(3)23-8-11-26(21(2)16-23)34(5)29-31-22(18-30)19-36-29/h8-13,16-17,19H,6-7,14-15H2,1-5H3. The van der Waals surface area contributed by atoms with Crippen molar-refractivity contribution in [3.8, 4) is 6.07 Å². The van der Waals surface area contributed by atoms with Crippen LogP contribution in [0.3, 0.4) is 0 Å². The van der Waals surface area contributed by atoms with E-state index in [1.165, 1.54) is 64.2 Å². The van der Waals surface area contributed by atoms with E-state index in [0.717, 1.165) is 22.1 Å². The van der Waals surface area contributed by atoms with Crippen molar-refractivity contribution < 1.29 is 0 Å². The van der Waals surface area contributed by atoms with Gasteiger partial charge in [-0.25, -0.2) is 4.98 Å². The number of hydrogen-bond donors (Lipinski definition) is 0. The number of hydrogen-bond acceptors (Lipinski definition) is 8. The molecule has 6 nitrogen and oxygen atoms in total. The Balaban J connectivity index is 1.33. The number of thiophene rings is 1. The van der Waals surface area contributed by atoms with Gasteiger partial charge in [-0.2, -0.15) is 5.26 Å². The lowest BCUT2D eigenvalue weighted by Gasteiger charge is -2.26. The van der Waals surface area contributed by atoms with E-state index in [4.69, 9.17) is 5.26 Å². The van der Waals surface area contributed by atoms with Gasteiger partial charge in [-0.1, -0.05) is 0 Å². The highest BCUT2D eigenvalue weighted by Crippen LogP contribution is 2.39. The van der Waals surface area contributed by atoms with Crippen LogP contribution in [-0.2, 0) is 0 Å². The molecule has 0 spiro atoms. The molecular formula is C29H32N6S2. The van der Waals surface area contributed by atoms with Crippen molar-refractivity contribution in [2.24, 2.45) is 0 Å². The summed E-state index contributed by atoms with van der Waals surface area (Å²) in [6.07, 6.45) is 2.59. The van der Waals surface area contributed by atoms with E-state index < -0.39 is 0 Å². The molecule has 1 fully saturated rings. The fourth-order valence-corrected chi connectivity index (χ4v) is 6.66. The number of thiazole rings is 1. The molecule has 37 heavy (non-hydrogen) atoms. The van der Waals surface area contributed by atoms with E-state index in [1.54, 1.807) is 5.38 Å². The number of aryl methyl sites for hydroxylation is 2. The fourth-order valence-electron chi connectivity index (χ4n) is 4.89. The van der Waals surface area contributed by atoms with Crippen molar-refractivity contribution >= 4 is 60.6 Å². The first-order chi connectivity index (χ1) is 17.9. The van der Waals surface area contributed by atoms with Gasteiger partial charge in [0.05, 0.1) is 10.0 Å². The first-order valence-electron chi connectivity index (χ1n) is 12.5. The van der Waals surface area contributed by atoms with E-state index in [2.05, 4.69) is 102 Å². The van der Waals surface area contributed by atoms with E-state index in [9.17, 15) is 0 Å². The molecule has 190 valence electrons. The van der Waals surface area contributed by atoms with Crippen LogP contribution in [0.1, 0.15) is 29.7 Å². The van der Waals surface area contributed by atoms with Crippen LogP contribution in [0, 0.1) is 25.2 Å². The maximum atomic E-state index is 9.10. The molecule has 2 aromatic carbocycles. The van der Waals surface area contributed by atoms with Crippen molar-refractivity contribution in [3.63, 3.8) is 0 Å². The summed E-state index contributed by atoms with van der Waals surface area (Å²) in [4.78, 5) is 13.5. The molecule has 0 N–H and O–H groups in total. The smallest absolute Gasteiger partial charge is 0.190 e. The second-order valence-corrected chi connectivity index (χ2v) is 11.4. The van der Waals surface area contributed by atoms with Crippen molar-refractivity contribution in [2.75, 3.05) is 53.8 Å². The minimum absolute atomic E-state index is 0.455. The Morgan fingerprint density at radius 1 is 0.838 bits per heavy atom. The molecule has 1 saturated heterocycles. The quantitative estimate of drug-likeness (QED) is 0.246. The third kappa shape index (κ3) is 5.02. The summed E-state index contributed by atoms with van der Waals surface area (Å²) in [5.41, 5.74) is 7.42. The first kappa shape index (κ1) is 25.1. The van der Waals surface area contributed by atoms with Gasteiger partial charge in [-0.05, 0) is 86.3 Å². The maximum Gasteiger partial charge on any atom is 0.190 e. The lowest BCUT2D eigenvalue weighted by Crippen LogP contribution is -2.15. The molecule has 0 bridgehead atoms. The summed E-state index contributed by atoms with van der Waals surface area (Å²) in [7, 11) is 6.26. The summed E-state index contributed by atoms with van der Waals surface area (Å²) in [5.74, 6) is 0. The van der Waals surface area contributed by atoms with Crippen LogP contribution in [0.2, 0.25) is 0 Å². The Morgan fingerprint density at radius 3 is 2.05 bits per heavy atom. The number of aromatic nitrogens is 1. The van der Waals surface area contributed by atoms with E-state index >= 15 is 0 Å². The van der Waals surface area contributed by atoms with Crippen molar-refractivity contribution in [2.45, 2.75) is 26.7 Å². The fraction of sp³-hybridized carbons (Fsp3) is 0.310. The zero-order chi connectivity index (χ0) is 26.1. The Kier molecular flexibility index (Phi) is 7.09. The molecule has 3 heterocycles. The maximum absolute atomic E-state index is 9.10. The zero-order valence-electron chi connectivity index (χ0n) is 22.0. The normalized spacial score (nSPS) is 13.0. The lowest BCUT2D eigenvalue weighted by molar-refractivity contribution is 0.949. The minimum atomic E-state index is 0.455. The summed E-state index contributed by atoms with van der Waals surface area (Å²) in [6.45, 7) is 6.64. The SMILES string of the molecule is Cc1cc(N(C)c2ccc(N3CCCC3)s2)ccc1N(C)c1ccc(N(C)c2nc(C#N)cs2)c(C)c1. The number of rotatable bonds is 7. The predicted octanol–water partition coefficient (Wildman–Crippen LogP) is 7.60. The molecule has 1 aliphatic rings. The van der Waals surface area contributed by atoms with Gasteiger partial charge in [0.15, 0.2) is 10.8 Å². The van der Waals surface area contributed by atoms with Crippen LogP contribution < -0.4 is 19.6 Å². The van der Waals surface area contributed by atoms with Gasteiger partial charge in [0.25, 0.3) is 0 Å². The molecule has 0 atom stereocenters. The van der Waals surface area contributed by atoms with Crippen molar-refractivity contribution in [1.82, 2.24) is 4.98 Å². The highest BCUT2D eigenvalue weighted by molar-refractivity contribution is 7.20. The van der Waals surface area contributed by atoms with Gasteiger partial charge in [0.1, 0.15) is 6.07 Å². The summed E-state index contributed by atoms with van der Waals surface area (Å²) in [5, 5.41) is 14.3. The number of benzene rings is 2. The molecule has 5 rings (SSSR count). The van der Waals surface area contributed by atoms with Crippen LogP contribution in [0.25, 0.3) is 0 Å². The van der Waals surface area contributed by atoms with Crippen LogP contribution in [0.4, 0.5) is 37.9 Å². The first-order valence-corrected chi connectivity index (χ1v) is 14.2. The summed E-state index contributed by atoms with van der Waals surface area (Å²) in [6, 6.07) is 19.8. The molecular weight excluding hydrogens is 496 g/mol. The van der Waals surface area contributed by atoms with Gasteiger partial charge in [0, 0.05) is 62.4 Å². The molecule has 0 amide bonds. The van der Waals surface area contributed by atoms with Crippen LogP contribution in [0.5, 0.6) is 0 Å². The van der Waals surface area contributed by atoms with Crippen LogP contribution in [-0.4, -0.2) is 39.2 Å². The van der Waals surface area contributed by atoms with E-state index in [0.29, 0.717) is 5.69 Å². The Bertz CT molecular complexity index is 1440. The molecule has 0 unspecified atom stereocenters. The average Bonchev–Trinajstić information content (AvgIpc) is 3.68. The van der Waals surface area contributed by atoms with Gasteiger partial charge in [-0.3, -0.25) is 0 Å². The second kappa shape index (κ2) is 10.4. The Morgan fingerprint density at radius 2 is 1.46 bits per heavy atom. The second-order valence-electron chi connectivity index (χ2n) is 9.55. The van der Waals surface area contributed by atoms with Crippen molar-refractivity contribution in [1.29, 1.82) is 5.26 Å². The van der Waals surface area contributed by atoms with Gasteiger partial charge in [-0.15, -0.1) is 22.7 Å². The largest absolute Gasteiger partial charge is 0.363 e. The van der Waals surface area contributed by atoms with Gasteiger partial charge in [0.2, 0.25) is 0 Å². The molecule has 0 radical (unpaired) electrons. The van der Waals surface area contributed by atoms with E-state index in [-0.39, 0.29) is 0 Å². The van der Waals surface area contributed by atoms with Gasteiger partial charge < -0.3 is 19.6 Å². The Hall–Kier alpha value is -3.54. The number of nitrogens with zero attached hydrogens (tertiary/aromatic N) is 6. The molecule has 8 heteroatoms. The molecule has 2 aromatic heterocycles. The molecule has 4 aromatic rings.